The van der Waals surface area contributed by atoms with Crippen molar-refractivity contribution in [3.8, 4) is 5.75 Å². The number of piperazine rings is 1. The molecule has 1 amide bonds. The Bertz CT molecular complexity index is 564. The van der Waals surface area contributed by atoms with Crippen LogP contribution in [-0.2, 0) is 4.79 Å². The number of benzene rings is 1. The van der Waals surface area contributed by atoms with Gasteiger partial charge in [-0.25, -0.2) is 0 Å². The van der Waals surface area contributed by atoms with E-state index in [4.69, 9.17) is 10.5 Å². The smallest absolute Gasteiger partial charge is 0.239 e. The van der Waals surface area contributed by atoms with Gasteiger partial charge in [-0.15, -0.1) is 0 Å². The Morgan fingerprint density at radius 1 is 1.16 bits per heavy atom. The van der Waals surface area contributed by atoms with E-state index in [9.17, 15) is 4.79 Å². The van der Waals surface area contributed by atoms with Gasteiger partial charge in [0.1, 0.15) is 5.75 Å². The third-order valence-corrected chi connectivity index (χ3v) is 5.65. The molecule has 1 aliphatic carbocycles. The van der Waals surface area contributed by atoms with Crippen LogP contribution in [0.4, 0.5) is 5.69 Å². The molecule has 2 N–H and O–H groups in total. The molecule has 25 heavy (non-hydrogen) atoms. The maximum absolute atomic E-state index is 12.7. The lowest BCUT2D eigenvalue weighted by Crippen LogP contribution is -2.53. The lowest BCUT2D eigenvalue weighted by atomic mass is 9.84. The minimum Gasteiger partial charge on any atom is -0.495 e. The van der Waals surface area contributed by atoms with Crippen LogP contribution in [0.5, 0.6) is 5.75 Å². The van der Waals surface area contributed by atoms with E-state index >= 15 is 0 Å². The highest BCUT2D eigenvalue weighted by Crippen LogP contribution is 2.29. The first-order valence-electron chi connectivity index (χ1n) is 9.61. The second-order valence-electron chi connectivity index (χ2n) is 7.33. The fourth-order valence-electron chi connectivity index (χ4n) is 4.18. The number of carbonyl (C=O) groups is 1. The van der Waals surface area contributed by atoms with Crippen LogP contribution in [0, 0.1) is 5.92 Å². The number of carbonyl (C=O) groups excluding carboxylic acids is 1. The molecule has 0 bridgehead atoms. The highest BCUT2D eigenvalue weighted by atomic mass is 16.5. The first kappa shape index (κ1) is 18.1. The molecular weight excluding hydrogens is 314 g/mol. The Labute approximate surface area is 151 Å². The normalized spacial score (nSPS) is 20.4. The molecule has 0 spiro atoms. The molecule has 1 aliphatic heterocycles. The molecule has 1 aromatic carbocycles. The number of nitrogens with zero attached hydrogens (tertiary/aromatic N) is 2. The van der Waals surface area contributed by atoms with Gasteiger partial charge in [0.05, 0.1) is 18.8 Å². The van der Waals surface area contributed by atoms with Gasteiger partial charge in [0.25, 0.3) is 0 Å². The topological polar surface area (TPSA) is 58.8 Å². The fraction of sp³-hybridized carbons (Fsp3) is 0.650. The minimum atomic E-state index is -0.332. The zero-order valence-electron chi connectivity index (χ0n) is 15.3. The van der Waals surface area contributed by atoms with Gasteiger partial charge >= 0.3 is 0 Å². The number of ether oxygens (including phenoxy) is 1. The van der Waals surface area contributed by atoms with E-state index in [0.29, 0.717) is 5.92 Å². The first-order chi connectivity index (χ1) is 12.2. The van der Waals surface area contributed by atoms with Crippen molar-refractivity contribution in [2.45, 2.75) is 44.6 Å². The van der Waals surface area contributed by atoms with Gasteiger partial charge in [-0.2, -0.15) is 0 Å². The van der Waals surface area contributed by atoms with Gasteiger partial charge in [0.15, 0.2) is 0 Å². The lowest BCUT2D eigenvalue weighted by Gasteiger charge is -2.38. The number of hydrogen-bond acceptors (Lipinski definition) is 4. The van der Waals surface area contributed by atoms with Crippen LogP contribution < -0.4 is 15.4 Å². The maximum atomic E-state index is 12.7. The summed E-state index contributed by atoms with van der Waals surface area (Å²) in [5, 5.41) is 0. The molecule has 5 nitrogen and oxygen atoms in total. The molecule has 0 radical (unpaired) electrons. The summed E-state index contributed by atoms with van der Waals surface area (Å²) >= 11 is 0. The molecule has 1 saturated heterocycles. The summed E-state index contributed by atoms with van der Waals surface area (Å²) in [5.41, 5.74) is 7.35. The van der Waals surface area contributed by atoms with E-state index in [-0.39, 0.29) is 11.9 Å². The predicted octanol–water partition coefficient (Wildman–Crippen LogP) is 2.64. The van der Waals surface area contributed by atoms with E-state index in [1.54, 1.807) is 7.11 Å². The Balaban J connectivity index is 1.51. The Hall–Kier alpha value is -1.75. The van der Waals surface area contributed by atoms with Crippen LogP contribution in [0.2, 0.25) is 0 Å². The number of nitrogens with two attached hydrogens (primary N) is 1. The summed E-state index contributed by atoms with van der Waals surface area (Å²) < 4.78 is 5.45. The van der Waals surface area contributed by atoms with Crippen LogP contribution >= 0.6 is 0 Å². The van der Waals surface area contributed by atoms with Crippen LogP contribution in [-0.4, -0.2) is 50.1 Å². The standard InChI is InChI=1S/C20H31N3O2/c1-25-19-10-6-5-9-18(19)22-11-13-23(14-12-22)20(24)17(21)15-16-7-3-2-4-8-16/h5-6,9-10,16-17H,2-4,7-8,11-15,21H2,1H3. The van der Waals surface area contributed by atoms with Crippen LogP contribution in [0.1, 0.15) is 38.5 Å². The largest absolute Gasteiger partial charge is 0.495 e. The van der Waals surface area contributed by atoms with Crippen LogP contribution in [0.25, 0.3) is 0 Å². The number of amides is 1. The average molecular weight is 345 g/mol. The van der Waals surface area contributed by atoms with Crippen molar-refractivity contribution in [2.75, 3.05) is 38.2 Å². The fourth-order valence-corrected chi connectivity index (χ4v) is 4.18. The van der Waals surface area contributed by atoms with Gasteiger partial charge < -0.3 is 20.3 Å². The predicted molar refractivity (Wildman–Crippen MR) is 101 cm³/mol. The molecule has 1 atom stereocenters. The van der Waals surface area contributed by atoms with Crippen LogP contribution in [0.3, 0.4) is 0 Å². The van der Waals surface area contributed by atoms with Crippen molar-refractivity contribution >= 4 is 11.6 Å². The number of para-hydroxylation sites is 2. The number of anilines is 1. The third-order valence-electron chi connectivity index (χ3n) is 5.65. The molecule has 0 aromatic heterocycles. The van der Waals surface area contributed by atoms with E-state index in [1.807, 2.05) is 23.1 Å². The van der Waals surface area contributed by atoms with E-state index < -0.39 is 0 Å². The lowest BCUT2D eigenvalue weighted by molar-refractivity contribution is -0.133. The van der Waals surface area contributed by atoms with Crippen molar-refractivity contribution in [2.24, 2.45) is 11.7 Å². The number of hydrogen-bond donors (Lipinski definition) is 1. The zero-order chi connectivity index (χ0) is 17.6. The number of methoxy groups -OCH3 is 1. The molecule has 3 rings (SSSR count). The van der Waals surface area contributed by atoms with Crippen molar-refractivity contribution in [1.29, 1.82) is 0 Å². The SMILES string of the molecule is COc1ccccc1N1CCN(C(=O)C(N)CC2CCCCC2)CC1. The summed E-state index contributed by atoms with van der Waals surface area (Å²) in [6, 6.07) is 7.72. The highest BCUT2D eigenvalue weighted by molar-refractivity contribution is 5.82. The molecule has 1 unspecified atom stereocenters. The third kappa shape index (κ3) is 4.46. The Morgan fingerprint density at radius 2 is 1.84 bits per heavy atom. The van der Waals surface area contributed by atoms with Crippen molar-refractivity contribution in [3.63, 3.8) is 0 Å². The molecular formula is C20H31N3O2. The monoisotopic (exact) mass is 345 g/mol. The van der Waals surface area contributed by atoms with Crippen LogP contribution in [0.15, 0.2) is 24.3 Å². The molecule has 1 saturated carbocycles. The molecule has 1 aromatic rings. The summed E-state index contributed by atoms with van der Waals surface area (Å²) in [4.78, 5) is 16.9. The maximum Gasteiger partial charge on any atom is 0.239 e. The molecule has 1 heterocycles. The second kappa shape index (κ2) is 8.56. The summed E-state index contributed by atoms with van der Waals surface area (Å²) in [7, 11) is 1.70. The highest BCUT2D eigenvalue weighted by Gasteiger charge is 2.28. The van der Waals surface area contributed by atoms with E-state index in [0.717, 1.165) is 44.0 Å². The quantitative estimate of drug-likeness (QED) is 0.891. The Morgan fingerprint density at radius 3 is 2.52 bits per heavy atom. The first-order valence-corrected chi connectivity index (χ1v) is 9.61. The average Bonchev–Trinajstić information content (AvgIpc) is 2.68. The Kier molecular flexibility index (Phi) is 6.19. The van der Waals surface area contributed by atoms with E-state index in [1.165, 1.54) is 32.1 Å². The minimum absolute atomic E-state index is 0.130. The zero-order valence-corrected chi connectivity index (χ0v) is 15.3. The summed E-state index contributed by atoms with van der Waals surface area (Å²) in [5.74, 6) is 1.66. The summed E-state index contributed by atoms with van der Waals surface area (Å²) in [6.45, 7) is 3.11. The van der Waals surface area contributed by atoms with Gasteiger partial charge in [-0.3, -0.25) is 4.79 Å². The van der Waals surface area contributed by atoms with Gasteiger partial charge in [0.2, 0.25) is 5.91 Å². The van der Waals surface area contributed by atoms with E-state index in [2.05, 4.69) is 11.0 Å². The molecule has 2 aliphatic rings. The van der Waals surface area contributed by atoms with Gasteiger partial charge in [0, 0.05) is 26.2 Å². The molecule has 138 valence electrons. The second-order valence-corrected chi connectivity index (χ2v) is 7.33. The van der Waals surface area contributed by atoms with Gasteiger partial charge in [-0.1, -0.05) is 44.2 Å². The number of rotatable bonds is 5. The van der Waals surface area contributed by atoms with Crippen molar-refractivity contribution in [1.82, 2.24) is 4.90 Å². The summed E-state index contributed by atoms with van der Waals surface area (Å²) in [6.07, 6.45) is 7.26. The van der Waals surface area contributed by atoms with Gasteiger partial charge in [-0.05, 0) is 24.5 Å². The molecule has 5 heteroatoms. The molecule has 2 fully saturated rings. The van der Waals surface area contributed by atoms with Crippen molar-refractivity contribution < 1.29 is 9.53 Å². The van der Waals surface area contributed by atoms with Crippen molar-refractivity contribution in [3.05, 3.63) is 24.3 Å².